The number of aryl methyl sites for hydroxylation is 1. The van der Waals surface area contributed by atoms with Crippen LogP contribution >= 0.6 is 0 Å². The molecule has 1 aromatic rings. The van der Waals surface area contributed by atoms with E-state index in [2.05, 4.69) is 4.98 Å². The summed E-state index contributed by atoms with van der Waals surface area (Å²) in [6.45, 7) is 1.86. The van der Waals surface area contributed by atoms with Gasteiger partial charge in [0.05, 0.1) is 11.6 Å². The standard InChI is InChI=1S/C9H8N2O2/c1-2-7-3-6(5-10)4-8(11-7)9(12)13/h3-4H,2H2,1H3,(H,12,13). The van der Waals surface area contributed by atoms with Crippen LogP contribution in [0.4, 0.5) is 0 Å². The Morgan fingerprint density at radius 1 is 1.69 bits per heavy atom. The summed E-state index contributed by atoms with van der Waals surface area (Å²) in [4.78, 5) is 14.4. The zero-order valence-electron chi connectivity index (χ0n) is 7.11. The lowest BCUT2D eigenvalue weighted by molar-refractivity contribution is 0.0690. The molecule has 0 saturated carbocycles. The predicted octanol–water partition coefficient (Wildman–Crippen LogP) is 1.21. The van der Waals surface area contributed by atoms with Crippen molar-refractivity contribution in [3.05, 3.63) is 29.1 Å². The number of carboxylic acids is 1. The van der Waals surface area contributed by atoms with Gasteiger partial charge in [-0.2, -0.15) is 5.26 Å². The fourth-order valence-corrected chi connectivity index (χ4v) is 0.943. The molecule has 13 heavy (non-hydrogen) atoms. The van der Waals surface area contributed by atoms with E-state index in [0.717, 1.165) is 0 Å². The number of aromatic nitrogens is 1. The zero-order chi connectivity index (χ0) is 9.84. The van der Waals surface area contributed by atoms with Crippen molar-refractivity contribution in [1.29, 1.82) is 5.26 Å². The smallest absolute Gasteiger partial charge is 0.354 e. The fraction of sp³-hybridized carbons (Fsp3) is 0.222. The minimum Gasteiger partial charge on any atom is -0.477 e. The maximum atomic E-state index is 10.6. The van der Waals surface area contributed by atoms with Gasteiger partial charge in [-0.3, -0.25) is 0 Å². The first-order valence-electron chi connectivity index (χ1n) is 3.81. The summed E-state index contributed by atoms with van der Waals surface area (Å²) in [6, 6.07) is 4.75. The van der Waals surface area contributed by atoms with Gasteiger partial charge >= 0.3 is 5.97 Å². The van der Waals surface area contributed by atoms with E-state index in [9.17, 15) is 4.79 Å². The monoisotopic (exact) mass is 176 g/mol. The number of carboxylic acid groups (broad SMARTS) is 1. The molecule has 0 aliphatic heterocycles. The molecule has 0 atom stereocenters. The first-order valence-corrected chi connectivity index (χ1v) is 3.81. The SMILES string of the molecule is CCc1cc(C#N)cc(C(=O)O)n1. The van der Waals surface area contributed by atoms with Gasteiger partial charge in [-0.15, -0.1) is 0 Å². The van der Waals surface area contributed by atoms with Crippen LogP contribution in [0.15, 0.2) is 12.1 Å². The Hall–Kier alpha value is -1.89. The van der Waals surface area contributed by atoms with Gasteiger partial charge < -0.3 is 5.11 Å². The molecule has 4 nitrogen and oxygen atoms in total. The number of nitrogens with zero attached hydrogens (tertiary/aromatic N) is 2. The Balaban J connectivity index is 3.24. The molecule has 1 aromatic heterocycles. The fourth-order valence-electron chi connectivity index (χ4n) is 0.943. The van der Waals surface area contributed by atoms with Crippen molar-refractivity contribution in [2.45, 2.75) is 13.3 Å². The lowest BCUT2D eigenvalue weighted by atomic mass is 10.2. The van der Waals surface area contributed by atoms with E-state index >= 15 is 0 Å². The summed E-state index contributed by atoms with van der Waals surface area (Å²) in [5, 5.41) is 17.2. The number of rotatable bonds is 2. The van der Waals surface area contributed by atoms with Crippen LogP contribution in [-0.4, -0.2) is 16.1 Å². The van der Waals surface area contributed by atoms with Crippen LogP contribution < -0.4 is 0 Å². The van der Waals surface area contributed by atoms with Crippen molar-refractivity contribution < 1.29 is 9.90 Å². The van der Waals surface area contributed by atoms with Crippen molar-refractivity contribution >= 4 is 5.97 Å². The van der Waals surface area contributed by atoms with Crippen LogP contribution in [0.25, 0.3) is 0 Å². The maximum absolute atomic E-state index is 10.6. The highest BCUT2D eigenvalue weighted by Gasteiger charge is 2.07. The van der Waals surface area contributed by atoms with Crippen LogP contribution in [0.2, 0.25) is 0 Å². The molecule has 0 unspecified atom stereocenters. The van der Waals surface area contributed by atoms with E-state index in [1.54, 1.807) is 6.07 Å². The number of nitriles is 1. The molecule has 1 rings (SSSR count). The summed E-state index contributed by atoms with van der Waals surface area (Å²) in [6.07, 6.45) is 0.621. The highest BCUT2D eigenvalue weighted by Crippen LogP contribution is 2.05. The molecular formula is C9H8N2O2. The Kier molecular flexibility index (Phi) is 2.60. The molecule has 0 bridgehead atoms. The molecular weight excluding hydrogens is 168 g/mol. The number of hydrogen-bond donors (Lipinski definition) is 1. The summed E-state index contributed by atoms with van der Waals surface area (Å²) in [5.41, 5.74) is 0.886. The van der Waals surface area contributed by atoms with Gasteiger partial charge in [-0.05, 0) is 18.6 Å². The van der Waals surface area contributed by atoms with Crippen LogP contribution in [0.1, 0.15) is 28.7 Å². The average Bonchev–Trinajstić information content (AvgIpc) is 2.16. The molecule has 0 spiro atoms. The van der Waals surface area contributed by atoms with Gasteiger partial charge in [0.1, 0.15) is 5.69 Å². The maximum Gasteiger partial charge on any atom is 0.354 e. The Labute approximate surface area is 75.5 Å². The second-order valence-corrected chi connectivity index (χ2v) is 2.50. The van der Waals surface area contributed by atoms with Crippen molar-refractivity contribution in [1.82, 2.24) is 4.98 Å². The molecule has 0 aliphatic carbocycles. The molecule has 66 valence electrons. The lowest BCUT2D eigenvalue weighted by Crippen LogP contribution is -2.03. The second kappa shape index (κ2) is 3.68. The second-order valence-electron chi connectivity index (χ2n) is 2.50. The summed E-state index contributed by atoms with van der Waals surface area (Å²) < 4.78 is 0. The van der Waals surface area contributed by atoms with Gasteiger partial charge in [-0.1, -0.05) is 6.92 Å². The van der Waals surface area contributed by atoms with Gasteiger partial charge in [-0.25, -0.2) is 9.78 Å². The third-order valence-electron chi connectivity index (χ3n) is 1.59. The van der Waals surface area contributed by atoms with E-state index in [1.165, 1.54) is 6.07 Å². The van der Waals surface area contributed by atoms with E-state index in [4.69, 9.17) is 10.4 Å². The van der Waals surface area contributed by atoms with Crippen molar-refractivity contribution in [3.63, 3.8) is 0 Å². The molecule has 0 amide bonds. The van der Waals surface area contributed by atoms with Crippen LogP contribution in [0, 0.1) is 11.3 Å². The molecule has 1 heterocycles. The largest absolute Gasteiger partial charge is 0.477 e. The van der Waals surface area contributed by atoms with Gasteiger partial charge in [0.25, 0.3) is 0 Å². The number of aromatic carboxylic acids is 1. The zero-order valence-corrected chi connectivity index (χ0v) is 7.11. The molecule has 4 heteroatoms. The van der Waals surface area contributed by atoms with E-state index in [-0.39, 0.29) is 5.69 Å². The highest BCUT2D eigenvalue weighted by molar-refractivity contribution is 5.85. The first kappa shape index (κ1) is 9.20. The van der Waals surface area contributed by atoms with Crippen molar-refractivity contribution in [2.75, 3.05) is 0 Å². The minimum atomic E-state index is -1.10. The number of carbonyl (C=O) groups is 1. The van der Waals surface area contributed by atoms with E-state index < -0.39 is 5.97 Å². The normalized spacial score (nSPS) is 9.23. The van der Waals surface area contributed by atoms with Crippen LogP contribution in [-0.2, 0) is 6.42 Å². The van der Waals surface area contributed by atoms with Gasteiger partial charge in [0, 0.05) is 5.69 Å². The molecule has 0 saturated heterocycles. The number of pyridine rings is 1. The third-order valence-corrected chi connectivity index (χ3v) is 1.59. The Bertz CT molecular complexity index is 380. The van der Waals surface area contributed by atoms with Gasteiger partial charge in [0.2, 0.25) is 0 Å². The van der Waals surface area contributed by atoms with Crippen LogP contribution in [0.5, 0.6) is 0 Å². The molecule has 0 aliphatic rings. The average molecular weight is 176 g/mol. The third kappa shape index (κ3) is 2.03. The summed E-state index contributed by atoms with van der Waals surface area (Å²) in [7, 11) is 0. The van der Waals surface area contributed by atoms with Crippen molar-refractivity contribution in [2.24, 2.45) is 0 Å². The van der Waals surface area contributed by atoms with Gasteiger partial charge in [0.15, 0.2) is 0 Å². The molecule has 1 N–H and O–H groups in total. The number of hydrogen-bond acceptors (Lipinski definition) is 3. The van der Waals surface area contributed by atoms with Crippen LogP contribution in [0.3, 0.4) is 0 Å². The summed E-state index contributed by atoms with van der Waals surface area (Å²) in [5.74, 6) is -1.10. The molecule has 0 fully saturated rings. The Morgan fingerprint density at radius 3 is 2.85 bits per heavy atom. The lowest BCUT2D eigenvalue weighted by Gasteiger charge is -1.99. The highest BCUT2D eigenvalue weighted by atomic mass is 16.4. The predicted molar refractivity (Wildman–Crippen MR) is 45.3 cm³/mol. The van der Waals surface area contributed by atoms with E-state index in [0.29, 0.717) is 17.7 Å². The first-order chi connectivity index (χ1) is 6.17. The summed E-state index contributed by atoms with van der Waals surface area (Å²) >= 11 is 0. The van der Waals surface area contributed by atoms with E-state index in [1.807, 2.05) is 13.0 Å². The quantitative estimate of drug-likeness (QED) is 0.735. The molecule has 0 aromatic carbocycles. The van der Waals surface area contributed by atoms with Crippen molar-refractivity contribution in [3.8, 4) is 6.07 Å². The molecule has 0 radical (unpaired) electrons. The topological polar surface area (TPSA) is 74.0 Å². The minimum absolute atomic E-state index is 0.0732. The Morgan fingerprint density at radius 2 is 2.38 bits per heavy atom.